The highest BCUT2D eigenvalue weighted by atomic mass is 16.1. The average Bonchev–Trinajstić information content (AvgIpc) is 2.53. The van der Waals surface area contributed by atoms with Crippen molar-refractivity contribution in [1.29, 1.82) is 0 Å². The fraction of sp³-hybridized carbons (Fsp3) is 0.450. The summed E-state index contributed by atoms with van der Waals surface area (Å²) in [5.41, 5.74) is 5.60. The number of nitrogens with zero attached hydrogens (tertiary/aromatic N) is 1. The first-order valence-electron chi connectivity index (χ1n) is 8.53. The molecule has 1 aromatic carbocycles. The van der Waals surface area contributed by atoms with E-state index >= 15 is 0 Å². The van der Waals surface area contributed by atoms with E-state index in [9.17, 15) is 4.79 Å². The van der Waals surface area contributed by atoms with E-state index in [-0.39, 0.29) is 11.0 Å². The second kappa shape index (κ2) is 5.07. The van der Waals surface area contributed by atoms with Crippen molar-refractivity contribution < 1.29 is 0 Å². The number of pyridine rings is 1. The van der Waals surface area contributed by atoms with Crippen LogP contribution < -0.4 is 10.9 Å². The van der Waals surface area contributed by atoms with Gasteiger partial charge in [0, 0.05) is 25.4 Å². The van der Waals surface area contributed by atoms with Crippen molar-refractivity contribution in [1.82, 2.24) is 9.88 Å². The molecule has 2 aromatic rings. The zero-order chi connectivity index (χ0) is 16.2. The Balaban J connectivity index is 1.85. The van der Waals surface area contributed by atoms with Crippen molar-refractivity contribution in [2.45, 2.75) is 38.1 Å². The molecule has 0 saturated carbocycles. The molecule has 1 saturated heterocycles. The van der Waals surface area contributed by atoms with Crippen molar-refractivity contribution in [3.05, 3.63) is 58.0 Å². The van der Waals surface area contributed by atoms with Gasteiger partial charge in [0.25, 0.3) is 0 Å². The number of fused-ring (bicyclic) bond motifs is 4. The van der Waals surface area contributed by atoms with Crippen LogP contribution in [0.25, 0.3) is 11.1 Å². The van der Waals surface area contributed by atoms with Crippen molar-refractivity contribution in [2.75, 3.05) is 6.54 Å². The SMILES string of the molecule is CC1C2Cc3ccc(-c4ccc(=O)n(C)c4)cc3[C@]1(C)CCN2. The Bertz CT molecular complexity index is 823. The van der Waals surface area contributed by atoms with Gasteiger partial charge in [-0.2, -0.15) is 0 Å². The van der Waals surface area contributed by atoms with Crippen molar-refractivity contribution >= 4 is 0 Å². The fourth-order valence-corrected chi connectivity index (χ4v) is 4.46. The van der Waals surface area contributed by atoms with Crippen LogP contribution in [0.3, 0.4) is 0 Å². The minimum absolute atomic E-state index is 0.0356. The molecule has 3 heteroatoms. The monoisotopic (exact) mass is 308 g/mol. The molecule has 2 unspecified atom stereocenters. The van der Waals surface area contributed by atoms with Gasteiger partial charge in [-0.05, 0) is 59.0 Å². The van der Waals surface area contributed by atoms with Gasteiger partial charge >= 0.3 is 0 Å². The lowest BCUT2D eigenvalue weighted by atomic mass is 9.59. The van der Waals surface area contributed by atoms with Crippen molar-refractivity contribution in [2.24, 2.45) is 13.0 Å². The Labute approximate surface area is 137 Å². The van der Waals surface area contributed by atoms with Crippen LogP contribution in [0.5, 0.6) is 0 Å². The quantitative estimate of drug-likeness (QED) is 0.879. The zero-order valence-corrected chi connectivity index (χ0v) is 14.1. The van der Waals surface area contributed by atoms with Crippen LogP contribution in [0, 0.1) is 5.92 Å². The third-order valence-corrected chi connectivity index (χ3v) is 6.24. The molecule has 0 amide bonds. The maximum absolute atomic E-state index is 11.6. The van der Waals surface area contributed by atoms with Gasteiger partial charge in [-0.15, -0.1) is 0 Å². The molecule has 1 aliphatic heterocycles. The first-order chi connectivity index (χ1) is 11.0. The predicted molar refractivity (Wildman–Crippen MR) is 93.7 cm³/mol. The molecule has 1 aliphatic carbocycles. The molecule has 0 spiro atoms. The smallest absolute Gasteiger partial charge is 0.250 e. The van der Waals surface area contributed by atoms with Gasteiger partial charge in [-0.3, -0.25) is 4.79 Å². The van der Waals surface area contributed by atoms with E-state index in [0.717, 1.165) is 18.5 Å². The number of piperidine rings is 1. The second-order valence-corrected chi connectivity index (χ2v) is 7.46. The van der Waals surface area contributed by atoms with E-state index in [1.54, 1.807) is 10.6 Å². The fourth-order valence-electron chi connectivity index (χ4n) is 4.46. The lowest BCUT2D eigenvalue weighted by Crippen LogP contribution is -2.56. The van der Waals surface area contributed by atoms with Crippen LogP contribution in [-0.4, -0.2) is 17.2 Å². The van der Waals surface area contributed by atoms with E-state index in [1.165, 1.54) is 23.1 Å². The average molecular weight is 308 g/mol. The maximum atomic E-state index is 11.6. The highest BCUT2D eigenvalue weighted by Gasteiger charge is 2.45. The topological polar surface area (TPSA) is 34.0 Å². The van der Waals surface area contributed by atoms with Gasteiger partial charge < -0.3 is 9.88 Å². The number of hydrogen-bond donors (Lipinski definition) is 1. The molecule has 1 N–H and O–H groups in total. The number of benzene rings is 1. The van der Waals surface area contributed by atoms with Gasteiger partial charge in [-0.25, -0.2) is 0 Å². The molecule has 120 valence electrons. The Kier molecular flexibility index (Phi) is 3.24. The van der Waals surface area contributed by atoms with Crippen LogP contribution in [0.15, 0.2) is 41.3 Å². The van der Waals surface area contributed by atoms with E-state index in [1.807, 2.05) is 19.3 Å². The minimum atomic E-state index is 0.0356. The first-order valence-corrected chi connectivity index (χ1v) is 8.53. The molecule has 1 aromatic heterocycles. The molecule has 23 heavy (non-hydrogen) atoms. The summed E-state index contributed by atoms with van der Waals surface area (Å²) in [6, 6.07) is 11.1. The maximum Gasteiger partial charge on any atom is 0.250 e. The number of hydrogen-bond acceptors (Lipinski definition) is 2. The van der Waals surface area contributed by atoms with Crippen LogP contribution in [-0.2, 0) is 18.9 Å². The second-order valence-electron chi connectivity index (χ2n) is 7.46. The molecule has 3 atom stereocenters. The van der Waals surface area contributed by atoms with Crippen LogP contribution in [0.1, 0.15) is 31.4 Å². The molecule has 3 nitrogen and oxygen atoms in total. The molecular formula is C20H24N2O. The van der Waals surface area contributed by atoms with E-state index in [2.05, 4.69) is 37.4 Å². The Morgan fingerprint density at radius 2 is 2.00 bits per heavy atom. The summed E-state index contributed by atoms with van der Waals surface area (Å²) < 4.78 is 1.65. The van der Waals surface area contributed by atoms with Gasteiger partial charge in [0.2, 0.25) is 5.56 Å². The minimum Gasteiger partial charge on any atom is -0.318 e. The number of aryl methyl sites for hydroxylation is 1. The summed E-state index contributed by atoms with van der Waals surface area (Å²) in [5.74, 6) is 0.652. The summed E-state index contributed by atoms with van der Waals surface area (Å²) in [6.07, 6.45) is 4.25. The number of rotatable bonds is 1. The molecule has 2 bridgehead atoms. The van der Waals surface area contributed by atoms with E-state index in [0.29, 0.717) is 12.0 Å². The van der Waals surface area contributed by atoms with Crippen LogP contribution in [0.2, 0.25) is 0 Å². The highest BCUT2D eigenvalue weighted by molar-refractivity contribution is 5.65. The standard InChI is InChI=1S/C20H24N2O/c1-13-18-11-15-5-4-14(16-6-7-19(23)22(3)12-16)10-17(15)20(13,2)8-9-21-18/h4-7,10,12-13,18,21H,8-9,11H2,1-3H3/t13?,18?,20-/m1/s1. The van der Waals surface area contributed by atoms with Crippen molar-refractivity contribution in [3.63, 3.8) is 0 Å². The Morgan fingerprint density at radius 3 is 2.78 bits per heavy atom. The summed E-state index contributed by atoms with van der Waals surface area (Å²) in [6.45, 7) is 5.92. The number of aromatic nitrogens is 1. The third kappa shape index (κ3) is 2.18. The largest absolute Gasteiger partial charge is 0.318 e. The lowest BCUT2D eigenvalue weighted by Gasteiger charge is -2.50. The summed E-state index contributed by atoms with van der Waals surface area (Å²) in [4.78, 5) is 11.6. The summed E-state index contributed by atoms with van der Waals surface area (Å²) in [5, 5.41) is 3.69. The van der Waals surface area contributed by atoms with Gasteiger partial charge in [0.1, 0.15) is 0 Å². The third-order valence-electron chi connectivity index (χ3n) is 6.24. The summed E-state index contributed by atoms with van der Waals surface area (Å²) >= 11 is 0. The Morgan fingerprint density at radius 1 is 1.22 bits per heavy atom. The van der Waals surface area contributed by atoms with E-state index < -0.39 is 0 Å². The normalized spacial score (nSPS) is 29.2. The molecule has 4 rings (SSSR count). The highest BCUT2D eigenvalue weighted by Crippen LogP contribution is 2.46. The van der Waals surface area contributed by atoms with Gasteiger partial charge in [0.05, 0.1) is 0 Å². The molecule has 1 fully saturated rings. The molecule has 0 radical (unpaired) electrons. The summed E-state index contributed by atoms with van der Waals surface area (Å²) in [7, 11) is 1.81. The lowest BCUT2D eigenvalue weighted by molar-refractivity contribution is 0.158. The van der Waals surface area contributed by atoms with Crippen molar-refractivity contribution in [3.8, 4) is 11.1 Å². The van der Waals surface area contributed by atoms with Gasteiger partial charge in [0.15, 0.2) is 0 Å². The first kappa shape index (κ1) is 14.7. The molecule has 2 heterocycles. The van der Waals surface area contributed by atoms with E-state index in [4.69, 9.17) is 0 Å². The Hall–Kier alpha value is -1.87. The zero-order valence-electron chi connectivity index (χ0n) is 14.1. The molecular weight excluding hydrogens is 284 g/mol. The number of nitrogens with one attached hydrogen (secondary N) is 1. The van der Waals surface area contributed by atoms with Crippen LogP contribution >= 0.6 is 0 Å². The molecule has 2 aliphatic rings. The predicted octanol–water partition coefficient (Wildman–Crippen LogP) is 2.86. The van der Waals surface area contributed by atoms with Gasteiger partial charge in [-0.1, -0.05) is 32.0 Å². The van der Waals surface area contributed by atoms with Crippen LogP contribution in [0.4, 0.5) is 0 Å².